The van der Waals surface area contributed by atoms with Gasteiger partial charge in [-0.15, -0.1) is 0 Å². The molecule has 0 amide bonds. The summed E-state index contributed by atoms with van der Waals surface area (Å²) < 4.78 is 15.7. The molecular weight excluding hydrogens is 253 g/mol. The molecule has 0 saturated heterocycles. The van der Waals surface area contributed by atoms with Gasteiger partial charge in [-0.2, -0.15) is 0 Å². The second-order valence-electron chi connectivity index (χ2n) is 5.40. The highest BCUT2D eigenvalue weighted by atomic mass is 19.1. The lowest BCUT2D eigenvalue weighted by molar-refractivity contribution is 0.624. The van der Waals surface area contributed by atoms with Gasteiger partial charge in [-0.1, -0.05) is 13.0 Å². The lowest BCUT2D eigenvalue weighted by Gasteiger charge is -2.12. The van der Waals surface area contributed by atoms with Gasteiger partial charge in [0.1, 0.15) is 11.6 Å². The molecule has 0 aliphatic heterocycles. The van der Waals surface area contributed by atoms with E-state index in [9.17, 15) is 4.39 Å². The molecule has 2 aromatic rings. The standard InChI is InChI=1S/C16H20FN3/c1-2-8-20-9-7-18-16(20)15-10-13(17)4-3-12(15)11-19-14-5-6-14/h3-4,7,9-10,14,19H,2,5-6,8,11H2,1H3. The molecule has 0 unspecified atom stereocenters. The number of benzene rings is 1. The molecule has 1 aromatic carbocycles. The maximum atomic E-state index is 13.6. The van der Waals surface area contributed by atoms with Gasteiger partial charge < -0.3 is 9.88 Å². The van der Waals surface area contributed by atoms with E-state index in [-0.39, 0.29) is 5.82 Å². The summed E-state index contributed by atoms with van der Waals surface area (Å²) in [5, 5.41) is 3.49. The highest BCUT2D eigenvalue weighted by Gasteiger charge is 2.21. The van der Waals surface area contributed by atoms with E-state index < -0.39 is 0 Å². The van der Waals surface area contributed by atoms with E-state index in [2.05, 4.69) is 21.8 Å². The molecule has 1 aromatic heterocycles. The van der Waals surface area contributed by atoms with Crippen LogP contribution in [0, 0.1) is 5.82 Å². The summed E-state index contributed by atoms with van der Waals surface area (Å²) in [5.74, 6) is 0.653. The zero-order valence-electron chi connectivity index (χ0n) is 11.8. The number of hydrogen-bond donors (Lipinski definition) is 1. The maximum absolute atomic E-state index is 13.6. The van der Waals surface area contributed by atoms with Gasteiger partial charge in [-0.25, -0.2) is 9.37 Å². The van der Waals surface area contributed by atoms with Gasteiger partial charge in [0.25, 0.3) is 0 Å². The molecule has 0 atom stereocenters. The number of rotatable bonds is 6. The average Bonchev–Trinajstić information content (AvgIpc) is 3.16. The van der Waals surface area contributed by atoms with Crippen molar-refractivity contribution in [2.75, 3.05) is 0 Å². The Morgan fingerprint density at radius 2 is 2.25 bits per heavy atom. The summed E-state index contributed by atoms with van der Waals surface area (Å²) in [4.78, 5) is 4.42. The molecule has 0 spiro atoms. The molecular formula is C16H20FN3. The Labute approximate surface area is 118 Å². The van der Waals surface area contributed by atoms with Crippen LogP contribution in [0.1, 0.15) is 31.7 Å². The fourth-order valence-electron chi connectivity index (χ4n) is 2.43. The second-order valence-corrected chi connectivity index (χ2v) is 5.40. The van der Waals surface area contributed by atoms with Gasteiger partial charge in [0, 0.05) is 37.1 Å². The first-order valence-corrected chi connectivity index (χ1v) is 7.31. The number of nitrogens with zero attached hydrogens (tertiary/aromatic N) is 2. The van der Waals surface area contributed by atoms with E-state index in [4.69, 9.17) is 0 Å². The van der Waals surface area contributed by atoms with E-state index in [1.54, 1.807) is 12.3 Å². The molecule has 1 aliphatic carbocycles. The summed E-state index contributed by atoms with van der Waals surface area (Å²) in [5.41, 5.74) is 2.01. The van der Waals surface area contributed by atoms with Crippen molar-refractivity contribution in [3.63, 3.8) is 0 Å². The number of aryl methyl sites for hydroxylation is 1. The average molecular weight is 273 g/mol. The van der Waals surface area contributed by atoms with Gasteiger partial charge >= 0.3 is 0 Å². The normalized spacial score (nSPS) is 14.7. The number of halogens is 1. The first-order chi connectivity index (χ1) is 9.78. The maximum Gasteiger partial charge on any atom is 0.140 e. The van der Waals surface area contributed by atoms with Gasteiger partial charge in [0.2, 0.25) is 0 Å². The third kappa shape index (κ3) is 2.90. The van der Waals surface area contributed by atoms with Crippen LogP contribution < -0.4 is 5.32 Å². The van der Waals surface area contributed by atoms with Crippen molar-refractivity contribution < 1.29 is 4.39 Å². The second kappa shape index (κ2) is 5.75. The smallest absolute Gasteiger partial charge is 0.140 e. The molecule has 1 aliphatic rings. The van der Waals surface area contributed by atoms with Crippen LogP contribution in [0.4, 0.5) is 4.39 Å². The lowest BCUT2D eigenvalue weighted by atomic mass is 10.1. The molecule has 106 valence electrons. The van der Waals surface area contributed by atoms with Crippen molar-refractivity contribution in [3.8, 4) is 11.4 Å². The van der Waals surface area contributed by atoms with Gasteiger partial charge in [0.15, 0.2) is 0 Å². The number of imidazole rings is 1. The van der Waals surface area contributed by atoms with Crippen molar-refractivity contribution in [2.45, 2.75) is 45.3 Å². The molecule has 3 nitrogen and oxygen atoms in total. The van der Waals surface area contributed by atoms with Crippen molar-refractivity contribution >= 4 is 0 Å². The minimum atomic E-state index is -0.207. The molecule has 1 saturated carbocycles. The molecule has 3 rings (SSSR count). The zero-order chi connectivity index (χ0) is 13.9. The minimum Gasteiger partial charge on any atom is -0.331 e. The summed E-state index contributed by atoms with van der Waals surface area (Å²) in [6, 6.07) is 5.63. The van der Waals surface area contributed by atoms with Crippen LogP contribution in [0.3, 0.4) is 0 Å². The van der Waals surface area contributed by atoms with Gasteiger partial charge in [-0.3, -0.25) is 0 Å². The SMILES string of the molecule is CCCn1ccnc1-c1cc(F)ccc1CNC1CC1. The monoisotopic (exact) mass is 273 g/mol. The third-order valence-corrected chi connectivity index (χ3v) is 3.65. The Bertz CT molecular complexity index is 587. The lowest BCUT2D eigenvalue weighted by Crippen LogP contribution is -2.16. The topological polar surface area (TPSA) is 29.9 Å². The van der Waals surface area contributed by atoms with Gasteiger partial charge in [0.05, 0.1) is 0 Å². The quantitative estimate of drug-likeness (QED) is 0.874. The first kappa shape index (κ1) is 13.3. The Morgan fingerprint density at radius 3 is 3.00 bits per heavy atom. The molecule has 20 heavy (non-hydrogen) atoms. The van der Waals surface area contributed by atoms with Crippen molar-refractivity contribution in [1.82, 2.24) is 14.9 Å². The van der Waals surface area contributed by atoms with Crippen LogP contribution in [-0.2, 0) is 13.1 Å². The summed E-state index contributed by atoms with van der Waals surface area (Å²) in [6.45, 7) is 3.81. The van der Waals surface area contributed by atoms with Crippen LogP contribution in [0.5, 0.6) is 0 Å². The van der Waals surface area contributed by atoms with Crippen molar-refractivity contribution in [3.05, 3.63) is 42.0 Å². The fourth-order valence-corrected chi connectivity index (χ4v) is 2.43. The molecule has 1 N–H and O–H groups in total. The van der Waals surface area contributed by atoms with E-state index in [1.165, 1.54) is 18.9 Å². The van der Waals surface area contributed by atoms with Crippen LogP contribution in [0.25, 0.3) is 11.4 Å². The Kier molecular flexibility index (Phi) is 3.83. The largest absolute Gasteiger partial charge is 0.331 e. The van der Waals surface area contributed by atoms with Crippen molar-refractivity contribution in [2.24, 2.45) is 0 Å². The predicted octanol–water partition coefficient (Wildman–Crippen LogP) is 3.35. The van der Waals surface area contributed by atoms with Crippen LogP contribution in [-0.4, -0.2) is 15.6 Å². The van der Waals surface area contributed by atoms with E-state index in [0.29, 0.717) is 6.04 Å². The molecule has 0 bridgehead atoms. The van der Waals surface area contributed by atoms with Crippen LogP contribution >= 0.6 is 0 Å². The summed E-state index contributed by atoms with van der Waals surface area (Å²) in [7, 11) is 0. The first-order valence-electron chi connectivity index (χ1n) is 7.31. The van der Waals surface area contributed by atoms with E-state index in [0.717, 1.165) is 36.5 Å². The molecule has 1 heterocycles. The third-order valence-electron chi connectivity index (χ3n) is 3.65. The van der Waals surface area contributed by atoms with Crippen molar-refractivity contribution in [1.29, 1.82) is 0 Å². The Morgan fingerprint density at radius 1 is 1.40 bits per heavy atom. The minimum absolute atomic E-state index is 0.207. The van der Waals surface area contributed by atoms with Crippen LogP contribution in [0.2, 0.25) is 0 Å². The van der Waals surface area contributed by atoms with Gasteiger partial charge in [-0.05, 0) is 37.0 Å². The highest BCUT2D eigenvalue weighted by Crippen LogP contribution is 2.25. The van der Waals surface area contributed by atoms with Crippen LogP contribution in [0.15, 0.2) is 30.6 Å². The Hall–Kier alpha value is -1.68. The zero-order valence-corrected chi connectivity index (χ0v) is 11.8. The number of nitrogens with one attached hydrogen (secondary N) is 1. The summed E-state index contributed by atoms with van der Waals surface area (Å²) in [6.07, 6.45) is 7.28. The highest BCUT2D eigenvalue weighted by molar-refractivity contribution is 5.61. The molecule has 1 fully saturated rings. The number of hydrogen-bond acceptors (Lipinski definition) is 2. The predicted molar refractivity (Wildman–Crippen MR) is 77.8 cm³/mol. The number of aromatic nitrogens is 2. The van der Waals surface area contributed by atoms with E-state index in [1.807, 2.05) is 12.3 Å². The summed E-state index contributed by atoms with van der Waals surface area (Å²) >= 11 is 0. The molecule has 0 radical (unpaired) electrons. The molecule has 4 heteroatoms. The fraction of sp³-hybridized carbons (Fsp3) is 0.438. The van der Waals surface area contributed by atoms with E-state index >= 15 is 0 Å². The Balaban J connectivity index is 1.92.